The van der Waals surface area contributed by atoms with E-state index in [1.54, 1.807) is 48.8 Å². The molecule has 1 amide bonds. The van der Waals surface area contributed by atoms with Gasteiger partial charge in [-0.25, -0.2) is 0 Å². The molecule has 0 unspecified atom stereocenters. The van der Waals surface area contributed by atoms with Crippen LogP contribution in [0.3, 0.4) is 0 Å². The molecule has 27 heavy (non-hydrogen) atoms. The largest absolute Gasteiger partial charge is 0.374 e. The summed E-state index contributed by atoms with van der Waals surface area (Å²) in [5, 5.41) is 7.26. The third-order valence-corrected chi connectivity index (χ3v) is 4.15. The van der Waals surface area contributed by atoms with E-state index < -0.39 is 0 Å². The van der Waals surface area contributed by atoms with E-state index >= 15 is 0 Å². The molecule has 0 saturated heterocycles. The molecule has 1 N–H and O–H groups in total. The lowest BCUT2D eigenvalue weighted by atomic mass is 10.2. The smallest absolute Gasteiger partial charge is 0.274 e. The Hall–Kier alpha value is -3.29. The highest BCUT2D eigenvalue weighted by Crippen LogP contribution is 2.24. The Balaban J connectivity index is 1.81. The van der Waals surface area contributed by atoms with Crippen LogP contribution in [0.25, 0.3) is 11.4 Å². The van der Waals surface area contributed by atoms with E-state index in [2.05, 4.69) is 37.2 Å². The maximum absolute atomic E-state index is 12.7. The summed E-state index contributed by atoms with van der Waals surface area (Å²) in [6.07, 6.45) is 10.4. The molecule has 0 saturated carbocycles. The van der Waals surface area contributed by atoms with Gasteiger partial charge in [-0.1, -0.05) is 13.3 Å². The van der Waals surface area contributed by atoms with Gasteiger partial charge in [0.25, 0.3) is 5.91 Å². The van der Waals surface area contributed by atoms with Crippen molar-refractivity contribution in [2.24, 2.45) is 7.05 Å². The van der Waals surface area contributed by atoms with Crippen molar-refractivity contribution in [3.8, 4) is 11.4 Å². The predicted molar refractivity (Wildman–Crippen MR) is 105 cm³/mol. The van der Waals surface area contributed by atoms with Crippen molar-refractivity contribution < 1.29 is 4.79 Å². The minimum atomic E-state index is -0.293. The standard InChI is InChI=1S/C19H23N7O/c1-4-5-10-25(2)14-6-7-21-15(11-14)19(27)23-17-13-26(3)24-18(17)16-12-20-8-9-22-16/h6-9,11-13H,4-5,10H2,1-3H3,(H,23,27). The SMILES string of the molecule is CCCCN(C)c1ccnc(C(=O)Nc2cn(C)nc2-c2cnccn2)c1. The van der Waals surface area contributed by atoms with Crippen LogP contribution in [0.5, 0.6) is 0 Å². The fourth-order valence-corrected chi connectivity index (χ4v) is 2.68. The Morgan fingerprint density at radius 2 is 2.11 bits per heavy atom. The van der Waals surface area contributed by atoms with Crippen LogP contribution in [-0.4, -0.2) is 44.2 Å². The highest BCUT2D eigenvalue weighted by atomic mass is 16.1. The summed E-state index contributed by atoms with van der Waals surface area (Å²) in [4.78, 5) is 27.4. The number of pyridine rings is 1. The third-order valence-electron chi connectivity index (χ3n) is 4.15. The summed E-state index contributed by atoms with van der Waals surface area (Å²) >= 11 is 0. The van der Waals surface area contributed by atoms with Gasteiger partial charge in [0.15, 0.2) is 0 Å². The number of anilines is 2. The molecule has 0 fully saturated rings. The van der Waals surface area contributed by atoms with Crippen LogP contribution in [-0.2, 0) is 7.05 Å². The van der Waals surface area contributed by atoms with Crippen molar-refractivity contribution in [1.29, 1.82) is 0 Å². The van der Waals surface area contributed by atoms with Gasteiger partial charge < -0.3 is 10.2 Å². The Morgan fingerprint density at radius 3 is 2.85 bits per heavy atom. The number of aromatic nitrogens is 5. The van der Waals surface area contributed by atoms with Gasteiger partial charge in [-0.3, -0.25) is 24.4 Å². The van der Waals surface area contributed by atoms with Crippen molar-refractivity contribution >= 4 is 17.3 Å². The molecule has 0 aliphatic rings. The first-order valence-electron chi connectivity index (χ1n) is 8.87. The maximum Gasteiger partial charge on any atom is 0.274 e. The number of carbonyl (C=O) groups is 1. The van der Waals surface area contributed by atoms with Crippen LogP contribution in [0.1, 0.15) is 30.3 Å². The summed E-state index contributed by atoms with van der Waals surface area (Å²) < 4.78 is 1.63. The molecule has 0 aliphatic heterocycles. The van der Waals surface area contributed by atoms with Crippen LogP contribution < -0.4 is 10.2 Å². The van der Waals surface area contributed by atoms with Gasteiger partial charge in [0.1, 0.15) is 17.1 Å². The number of carbonyl (C=O) groups excluding carboxylic acids is 1. The molecular formula is C19H23N7O. The molecule has 0 atom stereocenters. The van der Waals surface area contributed by atoms with Crippen LogP contribution in [0.4, 0.5) is 11.4 Å². The Kier molecular flexibility index (Phi) is 5.75. The minimum Gasteiger partial charge on any atom is -0.374 e. The molecule has 0 radical (unpaired) electrons. The number of amides is 1. The Bertz CT molecular complexity index is 907. The van der Waals surface area contributed by atoms with E-state index in [-0.39, 0.29) is 5.91 Å². The van der Waals surface area contributed by atoms with Crippen LogP contribution in [0, 0.1) is 0 Å². The van der Waals surface area contributed by atoms with E-state index in [1.807, 2.05) is 13.1 Å². The van der Waals surface area contributed by atoms with E-state index in [4.69, 9.17) is 0 Å². The molecule has 0 aromatic carbocycles. The molecule has 0 spiro atoms. The van der Waals surface area contributed by atoms with Crippen LogP contribution in [0.15, 0.2) is 43.1 Å². The highest BCUT2D eigenvalue weighted by Gasteiger charge is 2.16. The number of aryl methyl sites for hydroxylation is 1. The quantitative estimate of drug-likeness (QED) is 0.692. The van der Waals surface area contributed by atoms with Gasteiger partial charge in [-0.05, 0) is 18.6 Å². The monoisotopic (exact) mass is 365 g/mol. The summed E-state index contributed by atoms with van der Waals surface area (Å²) in [6.45, 7) is 3.09. The first-order chi connectivity index (χ1) is 13.1. The average Bonchev–Trinajstić information content (AvgIpc) is 3.07. The summed E-state index contributed by atoms with van der Waals surface area (Å²) in [5.41, 5.74) is 3.04. The third kappa shape index (κ3) is 4.46. The minimum absolute atomic E-state index is 0.293. The second-order valence-corrected chi connectivity index (χ2v) is 6.28. The molecule has 3 rings (SSSR count). The number of rotatable bonds is 7. The molecule has 3 aromatic rings. The number of nitrogens with zero attached hydrogens (tertiary/aromatic N) is 6. The molecule has 3 heterocycles. The second kappa shape index (κ2) is 8.39. The molecule has 140 valence electrons. The molecule has 0 aliphatic carbocycles. The lowest BCUT2D eigenvalue weighted by molar-refractivity contribution is 0.102. The van der Waals surface area contributed by atoms with Gasteiger partial charge in [-0.15, -0.1) is 0 Å². The summed E-state index contributed by atoms with van der Waals surface area (Å²) in [7, 11) is 3.80. The normalized spacial score (nSPS) is 10.6. The number of hydrogen-bond donors (Lipinski definition) is 1. The van der Waals surface area contributed by atoms with Gasteiger partial charge in [0.05, 0.1) is 11.9 Å². The maximum atomic E-state index is 12.7. The molecule has 8 heteroatoms. The zero-order valence-electron chi connectivity index (χ0n) is 15.8. The summed E-state index contributed by atoms with van der Waals surface area (Å²) in [6, 6.07) is 3.70. The average molecular weight is 365 g/mol. The van der Waals surface area contributed by atoms with E-state index in [1.165, 1.54) is 0 Å². The van der Waals surface area contributed by atoms with Gasteiger partial charge >= 0.3 is 0 Å². The van der Waals surface area contributed by atoms with Crippen molar-refractivity contribution in [3.63, 3.8) is 0 Å². The molecule has 8 nitrogen and oxygen atoms in total. The lowest BCUT2D eigenvalue weighted by Crippen LogP contribution is -2.20. The fraction of sp³-hybridized carbons (Fsp3) is 0.316. The van der Waals surface area contributed by atoms with Gasteiger partial charge in [-0.2, -0.15) is 5.10 Å². The Labute approximate surface area is 158 Å². The van der Waals surface area contributed by atoms with E-state index in [0.717, 1.165) is 25.1 Å². The molecular weight excluding hydrogens is 342 g/mol. The van der Waals surface area contributed by atoms with Crippen LogP contribution in [0.2, 0.25) is 0 Å². The lowest BCUT2D eigenvalue weighted by Gasteiger charge is -2.19. The fourth-order valence-electron chi connectivity index (χ4n) is 2.68. The molecule has 0 bridgehead atoms. The zero-order valence-corrected chi connectivity index (χ0v) is 15.8. The highest BCUT2D eigenvalue weighted by molar-refractivity contribution is 6.04. The van der Waals surface area contributed by atoms with Gasteiger partial charge in [0.2, 0.25) is 0 Å². The van der Waals surface area contributed by atoms with Crippen LogP contribution >= 0.6 is 0 Å². The van der Waals surface area contributed by atoms with E-state index in [9.17, 15) is 4.79 Å². The number of hydrogen-bond acceptors (Lipinski definition) is 6. The first kappa shape index (κ1) is 18.5. The topological polar surface area (TPSA) is 88.8 Å². The van der Waals surface area contributed by atoms with Crippen molar-refractivity contribution in [2.45, 2.75) is 19.8 Å². The second-order valence-electron chi connectivity index (χ2n) is 6.28. The van der Waals surface area contributed by atoms with Crippen molar-refractivity contribution in [2.75, 3.05) is 23.8 Å². The number of nitrogens with one attached hydrogen (secondary N) is 1. The Morgan fingerprint density at radius 1 is 1.26 bits per heavy atom. The zero-order chi connectivity index (χ0) is 19.2. The predicted octanol–water partition coefficient (Wildman–Crippen LogP) is 2.76. The molecule has 3 aromatic heterocycles. The first-order valence-corrected chi connectivity index (χ1v) is 8.87. The van der Waals surface area contributed by atoms with Crippen molar-refractivity contribution in [3.05, 3.63) is 48.8 Å². The van der Waals surface area contributed by atoms with E-state index in [0.29, 0.717) is 22.8 Å². The van der Waals surface area contributed by atoms with Gasteiger partial charge in [0, 0.05) is 51.1 Å². The number of unbranched alkanes of at least 4 members (excludes halogenated alkanes) is 1. The summed E-state index contributed by atoms with van der Waals surface area (Å²) in [5.74, 6) is -0.293. The van der Waals surface area contributed by atoms with Crippen molar-refractivity contribution in [1.82, 2.24) is 24.7 Å².